The minimum absolute atomic E-state index is 0.550. The third-order valence-electron chi connectivity index (χ3n) is 2.60. The molecule has 3 rings (SSSR count). The summed E-state index contributed by atoms with van der Waals surface area (Å²) in [5.74, 6) is 0.585. The second kappa shape index (κ2) is 5.29. The number of rotatable bonds is 4. The van der Waals surface area contributed by atoms with Gasteiger partial charge in [0, 0.05) is 19.3 Å². The fraction of sp³-hybridized carbons (Fsp3) is 0.154. The molecular formula is C13H13N5S. The highest BCUT2D eigenvalue weighted by atomic mass is 32.1. The topological polar surface area (TPSA) is 76.7 Å². The van der Waals surface area contributed by atoms with Gasteiger partial charge in [0.1, 0.15) is 10.7 Å². The largest absolute Gasteiger partial charge is 0.353 e. The molecule has 0 spiro atoms. The third-order valence-corrected chi connectivity index (χ3v) is 3.65. The predicted octanol–water partition coefficient (Wildman–Crippen LogP) is 2.12. The number of hydrogen-bond acceptors (Lipinski definition) is 6. The van der Waals surface area contributed by atoms with Crippen LogP contribution in [0.1, 0.15) is 0 Å². The van der Waals surface area contributed by atoms with E-state index in [9.17, 15) is 0 Å². The van der Waals surface area contributed by atoms with Gasteiger partial charge in [-0.1, -0.05) is 12.1 Å². The summed E-state index contributed by atoms with van der Waals surface area (Å²) in [4.78, 5) is 13.2. The number of fused-ring (bicyclic) bond motifs is 1. The van der Waals surface area contributed by atoms with E-state index in [4.69, 9.17) is 5.73 Å². The van der Waals surface area contributed by atoms with Gasteiger partial charge in [0.15, 0.2) is 0 Å². The van der Waals surface area contributed by atoms with Gasteiger partial charge in [-0.2, -0.15) is 0 Å². The molecule has 2 heterocycles. The van der Waals surface area contributed by atoms with Crippen molar-refractivity contribution in [3.8, 4) is 10.7 Å². The summed E-state index contributed by atoms with van der Waals surface area (Å²) >= 11 is 1.63. The van der Waals surface area contributed by atoms with E-state index in [0.717, 1.165) is 20.9 Å². The van der Waals surface area contributed by atoms with E-state index in [1.807, 2.05) is 24.3 Å². The Balaban J connectivity index is 1.96. The lowest BCUT2D eigenvalue weighted by Gasteiger charge is -2.03. The van der Waals surface area contributed by atoms with Crippen LogP contribution in [0.5, 0.6) is 0 Å². The van der Waals surface area contributed by atoms with E-state index in [0.29, 0.717) is 19.0 Å². The molecule has 0 aliphatic heterocycles. The molecule has 1 aromatic carbocycles. The van der Waals surface area contributed by atoms with Crippen LogP contribution >= 0.6 is 11.3 Å². The van der Waals surface area contributed by atoms with Crippen molar-refractivity contribution in [2.45, 2.75) is 0 Å². The summed E-state index contributed by atoms with van der Waals surface area (Å²) in [6.45, 7) is 1.21. The highest BCUT2D eigenvalue weighted by Gasteiger charge is 2.08. The van der Waals surface area contributed by atoms with E-state index in [1.54, 1.807) is 17.5 Å². The molecular weight excluding hydrogens is 258 g/mol. The molecule has 0 amide bonds. The van der Waals surface area contributed by atoms with Crippen molar-refractivity contribution >= 4 is 27.5 Å². The Morgan fingerprint density at radius 2 is 2.05 bits per heavy atom. The van der Waals surface area contributed by atoms with Crippen molar-refractivity contribution in [3.05, 3.63) is 36.5 Å². The third kappa shape index (κ3) is 2.54. The second-order valence-corrected chi connectivity index (χ2v) is 5.00. The summed E-state index contributed by atoms with van der Waals surface area (Å²) in [5, 5.41) is 3.97. The Labute approximate surface area is 114 Å². The molecule has 19 heavy (non-hydrogen) atoms. The fourth-order valence-electron chi connectivity index (χ4n) is 1.73. The number of nitrogens with zero attached hydrogens (tertiary/aromatic N) is 3. The number of hydrogen-bond donors (Lipinski definition) is 2. The number of thiazole rings is 1. The van der Waals surface area contributed by atoms with Gasteiger partial charge in [0.2, 0.25) is 5.95 Å². The first-order chi connectivity index (χ1) is 9.36. The highest BCUT2D eigenvalue weighted by Crippen LogP contribution is 2.28. The molecule has 0 unspecified atom stereocenters. The molecule has 0 saturated heterocycles. The van der Waals surface area contributed by atoms with Crippen molar-refractivity contribution in [2.75, 3.05) is 18.4 Å². The fourth-order valence-corrected chi connectivity index (χ4v) is 2.66. The zero-order valence-electron chi connectivity index (χ0n) is 10.2. The minimum atomic E-state index is 0.550. The van der Waals surface area contributed by atoms with Crippen LogP contribution in [0.4, 0.5) is 5.95 Å². The van der Waals surface area contributed by atoms with Crippen molar-refractivity contribution in [2.24, 2.45) is 5.73 Å². The lowest BCUT2D eigenvalue weighted by molar-refractivity contribution is 0.990. The first-order valence-electron chi connectivity index (χ1n) is 6.00. The summed E-state index contributed by atoms with van der Waals surface area (Å²) in [7, 11) is 0. The molecule has 0 atom stereocenters. The van der Waals surface area contributed by atoms with E-state index in [1.165, 1.54) is 0 Å². The molecule has 3 aromatic rings. The maximum absolute atomic E-state index is 5.45. The van der Waals surface area contributed by atoms with E-state index < -0.39 is 0 Å². The Morgan fingerprint density at radius 3 is 2.89 bits per heavy atom. The number of nitrogens with one attached hydrogen (secondary N) is 1. The second-order valence-electron chi connectivity index (χ2n) is 3.97. The van der Waals surface area contributed by atoms with Crippen LogP contribution in [-0.4, -0.2) is 28.0 Å². The van der Waals surface area contributed by atoms with Gasteiger partial charge in [-0.25, -0.2) is 15.0 Å². The Kier molecular flexibility index (Phi) is 3.35. The summed E-state index contributed by atoms with van der Waals surface area (Å²) < 4.78 is 1.16. The van der Waals surface area contributed by atoms with Crippen molar-refractivity contribution in [1.29, 1.82) is 0 Å². The molecule has 0 aliphatic rings. The number of para-hydroxylation sites is 1. The van der Waals surface area contributed by atoms with E-state index in [2.05, 4.69) is 26.3 Å². The minimum Gasteiger partial charge on any atom is -0.353 e. The van der Waals surface area contributed by atoms with Crippen LogP contribution in [0.3, 0.4) is 0 Å². The molecule has 0 aliphatic carbocycles. The molecule has 96 valence electrons. The smallest absolute Gasteiger partial charge is 0.223 e. The van der Waals surface area contributed by atoms with Crippen molar-refractivity contribution in [1.82, 2.24) is 15.0 Å². The van der Waals surface area contributed by atoms with Gasteiger partial charge < -0.3 is 11.1 Å². The first-order valence-corrected chi connectivity index (χ1v) is 6.81. The predicted molar refractivity (Wildman–Crippen MR) is 78.2 cm³/mol. The van der Waals surface area contributed by atoms with Gasteiger partial charge in [-0.15, -0.1) is 11.3 Å². The first kappa shape index (κ1) is 12.0. The maximum Gasteiger partial charge on any atom is 0.223 e. The van der Waals surface area contributed by atoms with Crippen LogP contribution in [0.2, 0.25) is 0 Å². The molecule has 0 radical (unpaired) electrons. The van der Waals surface area contributed by atoms with Crippen LogP contribution in [0.25, 0.3) is 20.9 Å². The van der Waals surface area contributed by atoms with Gasteiger partial charge in [-0.05, 0) is 18.2 Å². The van der Waals surface area contributed by atoms with Crippen LogP contribution < -0.4 is 11.1 Å². The zero-order chi connectivity index (χ0) is 13.1. The number of nitrogens with two attached hydrogens (primary N) is 1. The quantitative estimate of drug-likeness (QED) is 0.760. The normalized spacial score (nSPS) is 10.8. The molecule has 6 heteroatoms. The molecule has 0 bridgehead atoms. The molecule has 3 N–H and O–H groups in total. The number of benzene rings is 1. The summed E-state index contributed by atoms with van der Waals surface area (Å²) in [6, 6.07) is 9.93. The monoisotopic (exact) mass is 271 g/mol. The molecule has 2 aromatic heterocycles. The standard InChI is InChI=1S/C13H13N5S/c14-6-8-16-13-15-7-5-10(18-13)12-17-9-3-1-2-4-11(9)19-12/h1-5,7H,6,8,14H2,(H,15,16,18). The molecule has 5 nitrogen and oxygen atoms in total. The van der Waals surface area contributed by atoms with Gasteiger partial charge in [-0.3, -0.25) is 0 Å². The van der Waals surface area contributed by atoms with Crippen LogP contribution in [0, 0.1) is 0 Å². The van der Waals surface area contributed by atoms with E-state index in [-0.39, 0.29) is 0 Å². The van der Waals surface area contributed by atoms with Crippen LogP contribution in [-0.2, 0) is 0 Å². The molecule has 0 saturated carbocycles. The number of anilines is 1. The maximum atomic E-state index is 5.45. The Hall–Kier alpha value is -2.05. The average Bonchev–Trinajstić information content (AvgIpc) is 2.89. The lowest BCUT2D eigenvalue weighted by atomic mass is 10.3. The van der Waals surface area contributed by atoms with Gasteiger partial charge >= 0.3 is 0 Å². The Morgan fingerprint density at radius 1 is 1.16 bits per heavy atom. The van der Waals surface area contributed by atoms with Crippen molar-refractivity contribution < 1.29 is 0 Å². The summed E-state index contributed by atoms with van der Waals surface area (Å²) in [5.41, 5.74) is 7.28. The Bertz CT molecular complexity index is 661. The average molecular weight is 271 g/mol. The molecule has 0 fully saturated rings. The van der Waals surface area contributed by atoms with Crippen LogP contribution in [0.15, 0.2) is 36.5 Å². The van der Waals surface area contributed by atoms with Gasteiger partial charge in [0.05, 0.1) is 10.2 Å². The van der Waals surface area contributed by atoms with Gasteiger partial charge in [0.25, 0.3) is 0 Å². The summed E-state index contributed by atoms with van der Waals surface area (Å²) in [6.07, 6.45) is 1.73. The SMILES string of the molecule is NCCNc1nccc(-c2nc3ccccc3s2)n1. The number of aromatic nitrogens is 3. The van der Waals surface area contributed by atoms with E-state index >= 15 is 0 Å². The lowest BCUT2D eigenvalue weighted by Crippen LogP contribution is -2.14. The highest BCUT2D eigenvalue weighted by molar-refractivity contribution is 7.21. The zero-order valence-corrected chi connectivity index (χ0v) is 11.0. The van der Waals surface area contributed by atoms with Crippen molar-refractivity contribution in [3.63, 3.8) is 0 Å².